The molecule has 1 N–H and O–H groups in total. The fourth-order valence-electron chi connectivity index (χ4n) is 2.12. The maximum absolute atomic E-state index is 5.92. The van der Waals surface area contributed by atoms with Gasteiger partial charge in [-0.2, -0.15) is 5.10 Å². The average Bonchev–Trinajstić information content (AvgIpc) is 2.91. The third-order valence-corrected chi connectivity index (χ3v) is 3.59. The van der Waals surface area contributed by atoms with Crippen molar-refractivity contribution in [3.63, 3.8) is 0 Å². The first kappa shape index (κ1) is 16.4. The molecule has 118 valence electrons. The van der Waals surface area contributed by atoms with Crippen LogP contribution in [0.15, 0.2) is 41.5 Å². The Hall–Kier alpha value is -2.01. The molecule has 0 amide bonds. The van der Waals surface area contributed by atoms with Gasteiger partial charge in [-0.1, -0.05) is 23.7 Å². The Kier molecular flexibility index (Phi) is 5.83. The Labute approximate surface area is 136 Å². The van der Waals surface area contributed by atoms with Gasteiger partial charge in [-0.25, -0.2) is 4.99 Å². The van der Waals surface area contributed by atoms with Crippen LogP contribution in [0.1, 0.15) is 18.2 Å². The zero-order chi connectivity index (χ0) is 15.9. The maximum atomic E-state index is 5.92. The Morgan fingerprint density at radius 3 is 2.64 bits per heavy atom. The van der Waals surface area contributed by atoms with Crippen LogP contribution >= 0.6 is 11.6 Å². The lowest BCUT2D eigenvalue weighted by Gasteiger charge is -2.22. The van der Waals surface area contributed by atoms with E-state index in [4.69, 9.17) is 11.6 Å². The number of rotatable bonds is 5. The maximum Gasteiger partial charge on any atom is 0.194 e. The number of nitrogens with one attached hydrogen (secondary N) is 1. The highest BCUT2D eigenvalue weighted by Gasteiger charge is 2.07. The second-order valence-corrected chi connectivity index (χ2v) is 5.54. The van der Waals surface area contributed by atoms with Gasteiger partial charge in [-0.3, -0.25) is 4.68 Å². The molecular formula is C16H22ClN5. The Bertz CT molecular complexity index is 618. The predicted molar refractivity (Wildman–Crippen MR) is 90.9 cm³/mol. The van der Waals surface area contributed by atoms with E-state index in [1.807, 2.05) is 49.1 Å². The number of hydrogen-bond acceptors (Lipinski definition) is 2. The molecule has 0 spiro atoms. The van der Waals surface area contributed by atoms with Crippen molar-refractivity contribution in [3.05, 3.63) is 52.8 Å². The van der Waals surface area contributed by atoms with Crippen molar-refractivity contribution in [1.29, 1.82) is 0 Å². The van der Waals surface area contributed by atoms with Gasteiger partial charge >= 0.3 is 0 Å². The monoisotopic (exact) mass is 319 g/mol. The Balaban J connectivity index is 2.05. The Morgan fingerprint density at radius 2 is 2.05 bits per heavy atom. The van der Waals surface area contributed by atoms with Crippen LogP contribution in [0.4, 0.5) is 0 Å². The lowest BCUT2D eigenvalue weighted by molar-refractivity contribution is 0.476. The summed E-state index contributed by atoms with van der Waals surface area (Å²) in [6.07, 6.45) is 1.79. The van der Waals surface area contributed by atoms with Crippen LogP contribution in [-0.4, -0.2) is 34.2 Å². The van der Waals surface area contributed by atoms with Crippen LogP contribution in [0.2, 0.25) is 5.02 Å². The summed E-state index contributed by atoms with van der Waals surface area (Å²) in [7, 11) is 3.95. The molecule has 0 fully saturated rings. The molecule has 0 aliphatic carbocycles. The number of aliphatic imine (C=N–C) groups is 1. The summed E-state index contributed by atoms with van der Waals surface area (Å²) in [6, 6.07) is 9.86. The molecule has 1 aromatic heterocycles. The van der Waals surface area contributed by atoms with Gasteiger partial charge in [0.15, 0.2) is 5.96 Å². The number of benzene rings is 1. The van der Waals surface area contributed by atoms with E-state index < -0.39 is 0 Å². The smallest absolute Gasteiger partial charge is 0.194 e. The molecule has 0 atom stereocenters. The zero-order valence-corrected chi connectivity index (χ0v) is 14.0. The molecule has 0 saturated carbocycles. The number of nitrogens with zero attached hydrogens (tertiary/aromatic N) is 4. The second-order valence-electron chi connectivity index (χ2n) is 5.10. The van der Waals surface area contributed by atoms with Gasteiger partial charge in [0, 0.05) is 38.4 Å². The summed E-state index contributed by atoms with van der Waals surface area (Å²) in [5, 5.41) is 8.23. The SMILES string of the molecule is CCNC(=NCc1ccnn1C)N(C)Cc1ccc(Cl)cc1. The van der Waals surface area contributed by atoms with Gasteiger partial charge in [0.2, 0.25) is 0 Å². The number of halogens is 1. The molecule has 22 heavy (non-hydrogen) atoms. The minimum Gasteiger partial charge on any atom is -0.357 e. The third-order valence-electron chi connectivity index (χ3n) is 3.34. The molecule has 1 heterocycles. The summed E-state index contributed by atoms with van der Waals surface area (Å²) in [5.74, 6) is 0.874. The molecule has 1 aromatic carbocycles. The quantitative estimate of drug-likeness (QED) is 0.681. The molecule has 5 nitrogen and oxygen atoms in total. The molecule has 6 heteroatoms. The molecular weight excluding hydrogens is 298 g/mol. The van der Waals surface area contributed by atoms with E-state index >= 15 is 0 Å². The molecule has 0 unspecified atom stereocenters. The molecule has 0 aliphatic rings. The zero-order valence-electron chi connectivity index (χ0n) is 13.3. The summed E-state index contributed by atoms with van der Waals surface area (Å²) in [5.41, 5.74) is 2.27. The van der Waals surface area contributed by atoms with E-state index in [1.165, 1.54) is 5.56 Å². The lowest BCUT2D eigenvalue weighted by atomic mass is 10.2. The third kappa shape index (κ3) is 4.49. The van der Waals surface area contributed by atoms with Crippen molar-refractivity contribution in [1.82, 2.24) is 20.0 Å². The summed E-state index contributed by atoms with van der Waals surface area (Å²) in [6.45, 7) is 4.27. The highest BCUT2D eigenvalue weighted by molar-refractivity contribution is 6.30. The number of aryl methyl sites for hydroxylation is 1. The molecule has 0 aliphatic heterocycles. The van der Waals surface area contributed by atoms with Crippen LogP contribution in [0.3, 0.4) is 0 Å². The largest absolute Gasteiger partial charge is 0.357 e. The predicted octanol–water partition coefficient (Wildman–Crippen LogP) is 2.67. The first-order valence-electron chi connectivity index (χ1n) is 7.31. The minimum absolute atomic E-state index is 0.601. The van der Waals surface area contributed by atoms with Gasteiger partial charge in [0.25, 0.3) is 0 Å². The van der Waals surface area contributed by atoms with Crippen molar-refractivity contribution in [2.75, 3.05) is 13.6 Å². The van der Waals surface area contributed by atoms with E-state index in [9.17, 15) is 0 Å². The summed E-state index contributed by atoms with van der Waals surface area (Å²) >= 11 is 5.92. The van der Waals surface area contributed by atoms with Crippen LogP contribution in [0, 0.1) is 0 Å². The summed E-state index contributed by atoms with van der Waals surface area (Å²) < 4.78 is 1.84. The van der Waals surface area contributed by atoms with Crippen molar-refractivity contribution in [3.8, 4) is 0 Å². The first-order chi connectivity index (χ1) is 10.6. The first-order valence-corrected chi connectivity index (χ1v) is 7.68. The standard InChI is InChI=1S/C16H22ClN5/c1-4-18-16(19-11-15-9-10-20-22(15)3)21(2)12-13-5-7-14(17)8-6-13/h5-10H,4,11-12H2,1-3H3,(H,18,19). The average molecular weight is 320 g/mol. The van der Waals surface area contributed by atoms with Crippen LogP contribution in [0.25, 0.3) is 0 Å². The second kappa shape index (κ2) is 7.84. The fraction of sp³-hybridized carbons (Fsp3) is 0.375. The molecule has 0 saturated heterocycles. The topological polar surface area (TPSA) is 45.5 Å². The minimum atomic E-state index is 0.601. The Morgan fingerprint density at radius 1 is 1.32 bits per heavy atom. The van der Waals surface area contributed by atoms with Crippen molar-refractivity contribution in [2.45, 2.75) is 20.0 Å². The number of aromatic nitrogens is 2. The molecule has 2 aromatic rings. The summed E-state index contributed by atoms with van der Waals surface area (Å²) in [4.78, 5) is 6.78. The van der Waals surface area contributed by atoms with E-state index in [0.29, 0.717) is 6.54 Å². The molecule has 0 bridgehead atoms. The highest BCUT2D eigenvalue weighted by Crippen LogP contribution is 2.11. The lowest BCUT2D eigenvalue weighted by Crippen LogP contribution is -2.38. The highest BCUT2D eigenvalue weighted by atomic mass is 35.5. The number of hydrogen-bond donors (Lipinski definition) is 1. The normalized spacial score (nSPS) is 11.5. The van der Waals surface area contributed by atoms with Crippen LogP contribution in [0.5, 0.6) is 0 Å². The van der Waals surface area contributed by atoms with Gasteiger partial charge < -0.3 is 10.2 Å². The van der Waals surface area contributed by atoms with E-state index in [2.05, 4.69) is 27.2 Å². The van der Waals surface area contributed by atoms with Crippen molar-refractivity contribution >= 4 is 17.6 Å². The van der Waals surface area contributed by atoms with Crippen LogP contribution in [-0.2, 0) is 20.1 Å². The van der Waals surface area contributed by atoms with E-state index in [1.54, 1.807) is 6.20 Å². The van der Waals surface area contributed by atoms with Gasteiger partial charge in [0.1, 0.15) is 0 Å². The molecule has 0 radical (unpaired) electrons. The van der Waals surface area contributed by atoms with E-state index in [-0.39, 0.29) is 0 Å². The molecule has 2 rings (SSSR count). The van der Waals surface area contributed by atoms with Gasteiger partial charge in [-0.05, 0) is 30.7 Å². The van der Waals surface area contributed by atoms with Crippen molar-refractivity contribution < 1.29 is 0 Å². The van der Waals surface area contributed by atoms with E-state index in [0.717, 1.165) is 29.8 Å². The van der Waals surface area contributed by atoms with Gasteiger partial charge in [-0.15, -0.1) is 0 Å². The van der Waals surface area contributed by atoms with Crippen LogP contribution < -0.4 is 5.32 Å². The number of guanidine groups is 1. The van der Waals surface area contributed by atoms with Gasteiger partial charge in [0.05, 0.1) is 12.2 Å². The fourth-order valence-corrected chi connectivity index (χ4v) is 2.25. The van der Waals surface area contributed by atoms with Crippen molar-refractivity contribution in [2.24, 2.45) is 12.0 Å².